The number of halogens is 3. The summed E-state index contributed by atoms with van der Waals surface area (Å²) in [5, 5.41) is 0.565. The lowest BCUT2D eigenvalue weighted by molar-refractivity contribution is -0.154. The quantitative estimate of drug-likeness (QED) is 0.488. The van der Waals surface area contributed by atoms with Crippen LogP contribution in [-0.2, 0) is 10.3 Å². The van der Waals surface area contributed by atoms with Gasteiger partial charge in [0.25, 0.3) is 0 Å². The molecule has 0 aromatic rings. The largest absolute Gasteiger partial charge is 0.734 e. The molecule has 0 radical (unpaired) electrons. The first-order valence-corrected chi connectivity index (χ1v) is 4.38. The normalized spacial score (nSPS) is 14.2. The number of hydrazine groups is 1. The van der Waals surface area contributed by atoms with Gasteiger partial charge < -0.3 is 4.55 Å². The van der Waals surface area contributed by atoms with Crippen molar-refractivity contribution in [2.45, 2.75) is 6.18 Å². The zero-order valence-electron chi connectivity index (χ0n) is 6.87. The van der Waals surface area contributed by atoms with Crippen LogP contribution in [0.15, 0.2) is 0 Å². The number of hydrogen-bond acceptors (Lipinski definition) is 4. The SMILES string of the molecule is CN(C)N(CC(F)(F)F)S(=O)(=O)[O-]. The predicted molar refractivity (Wildman–Crippen MR) is 36.1 cm³/mol. The fourth-order valence-corrected chi connectivity index (χ4v) is 1.28. The standard InChI is InChI=1S/C4H9F3N2O3S/c1-8(2)9(13(10,11)12)3-4(5,6)7/h3H2,1-2H3,(H,10,11,12)/p-1. The first-order valence-electron chi connectivity index (χ1n) is 3.01. The van der Waals surface area contributed by atoms with E-state index in [-0.39, 0.29) is 4.41 Å². The van der Waals surface area contributed by atoms with Crippen molar-refractivity contribution in [3.8, 4) is 0 Å². The highest BCUT2D eigenvalue weighted by molar-refractivity contribution is 7.83. The van der Waals surface area contributed by atoms with E-state index in [1.165, 1.54) is 0 Å². The van der Waals surface area contributed by atoms with Gasteiger partial charge in [0, 0.05) is 14.1 Å². The molecule has 0 fully saturated rings. The van der Waals surface area contributed by atoms with Crippen molar-refractivity contribution >= 4 is 10.3 Å². The summed E-state index contributed by atoms with van der Waals surface area (Å²) in [6.45, 7) is -1.81. The molecule has 0 spiro atoms. The van der Waals surface area contributed by atoms with Crippen molar-refractivity contribution in [1.29, 1.82) is 0 Å². The van der Waals surface area contributed by atoms with E-state index in [1.807, 2.05) is 0 Å². The summed E-state index contributed by atoms with van der Waals surface area (Å²) >= 11 is 0. The Morgan fingerprint density at radius 1 is 1.31 bits per heavy atom. The van der Waals surface area contributed by atoms with Crippen LogP contribution in [0, 0.1) is 0 Å². The van der Waals surface area contributed by atoms with Gasteiger partial charge in [0.1, 0.15) is 6.54 Å². The van der Waals surface area contributed by atoms with E-state index in [1.54, 1.807) is 0 Å². The number of alkyl halides is 3. The Labute approximate surface area is 73.6 Å². The highest BCUT2D eigenvalue weighted by Crippen LogP contribution is 2.18. The molecule has 0 saturated carbocycles. The smallest absolute Gasteiger partial charge is 0.403 e. The molecule has 0 aliphatic carbocycles. The van der Waals surface area contributed by atoms with Crippen molar-refractivity contribution in [2.75, 3.05) is 20.6 Å². The van der Waals surface area contributed by atoms with Crippen molar-refractivity contribution in [3.63, 3.8) is 0 Å². The van der Waals surface area contributed by atoms with Crippen LogP contribution in [0.4, 0.5) is 13.2 Å². The van der Waals surface area contributed by atoms with E-state index in [0.717, 1.165) is 14.1 Å². The molecule has 0 atom stereocenters. The average molecular weight is 221 g/mol. The van der Waals surface area contributed by atoms with Gasteiger partial charge in [0.2, 0.25) is 0 Å². The Morgan fingerprint density at radius 3 is 1.77 bits per heavy atom. The molecule has 0 aliphatic heterocycles. The van der Waals surface area contributed by atoms with E-state index in [4.69, 9.17) is 0 Å². The topological polar surface area (TPSA) is 63.7 Å². The molecule has 0 aromatic heterocycles. The van der Waals surface area contributed by atoms with Crippen LogP contribution in [0.25, 0.3) is 0 Å². The lowest BCUT2D eigenvalue weighted by Gasteiger charge is -2.30. The summed E-state index contributed by atoms with van der Waals surface area (Å²) in [6.07, 6.45) is -4.73. The average Bonchev–Trinajstić information content (AvgIpc) is 1.77. The molecule has 5 nitrogen and oxygen atoms in total. The Balaban J connectivity index is 4.67. The molecular formula is C4H8F3N2O3S-. The van der Waals surface area contributed by atoms with Crippen molar-refractivity contribution in [2.24, 2.45) is 0 Å². The molecule has 9 heteroatoms. The summed E-state index contributed by atoms with van der Waals surface area (Å²) in [7, 11) is -3.05. The molecule has 0 N–H and O–H groups in total. The van der Waals surface area contributed by atoms with Gasteiger partial charge in [-0.05, 0) is 0 Å². The second-order valence-electron chi connectivity index (χ2n) is 2.40. The molecule has 0 rings (SSSR count). The van der Waals surface area contributed by atoms with Gasteiger partial charge >= 0.3 is 6.18 Å². The molecule has 13 heavy (non-hydrogen) atoms. The first kappa shape index (κ1) is 12.6. The predicted octanol–water partition coefficient (Wildman–Crippen LogP) is -0.212. The van der Waals surface area contributed by atoms with Crippen molar-refractivity contribution in [3.05, 3.63) is 0 Å². The lowest BCUT2D eigenvalue weighted by atomic mass is 10.7. The van der Waals surface area contributed by atoms with Crippen LogP contribution in [0.2, 0.25) is 0 Å². The third-order valence-corrected chi connectivity index (χ3v) is 1.99. The first-order chi connectivity index (χ1) is 5.54. The number of rotatable bonds is 3. The summed E-state index contributed by atoms with van der Waals surface area (Å²) < 4.78 is 65.7. The zero-order chi connectivity index (χ0) is 10.9. The molecule has 80 valence electrons. The fraction of sp³-hybridized carbons (Fsp3) is 1.00. The summed E-state index contributed by atoms with van der Waals surface area (Å²) in [5.74, 6) is 0. The van der Waals surface area contributed by atoms with E-state index >= 15 is 0 Å². The number of hydrogen-bond donors (Lipinski definition) is 0. The Kier molecular flexibility index (Phi) is 3.67. The monoisotopic (exact) mass is 221 g/mol. The Bertz CT molecular complexity index is 260. The third kappa shape index (κ3) is 5.03. The third-order valence-electron chi connectivity index (χ3n) is 1.02. The van der Waals surface area contributed by atoms with Gasteiger partial charge in [-0.15, -0.1) is 4.41 Å². The molecule has 0 aromatic carbocycles. The van der Waals surface area contributed by atoms with E-state index < -0.39 is 23.0 Å². The Hall–Kier alpha value is -0.380. The maximum absolute atomic E-state index is 11.7. The van der Waals surface area contributed by atoms with Crippen LogP contribution in [0.3, 0.4) is 0 Å². The maximum atomic E-state index is 11.7. The van der Waals surface area contributed by atoms with Crippen LogP contribution in [0.1, 0.15) is 0 Å². The van der Waals surface area contributed by atoms with Crippen LogP contribution >= 0.6 is 0 Å². The van der Waals surface area contributed by atoms with Gasteiger partial charge in [-0.3, -0.25) is 0 Å². The highest BCUT2D eigenvalue weighted by atomic mass is 32.2. The minimum Gasteiger partial charge on any atom is -0.734 e. The van der Waals surface area contributed by atoms with Crippen LogP contribution in [0.5, 0.6) is 0 Å². The highest BCUT2D eigenvalue weighted by Gasteiger charge is 2.34. The van der Waals surface area contributed by atoms with Gasteiger partial charge in [-0.25, -0.2) is 13.4 Å². The molecule has 0 saturated heterocycles. The molecule has 0 bridgehead atoms. The van der Waals surface area contributed by atoms with E-state index in [0.29, 0.717) is 5.01 Å². The minimum absolute atomic E-state index is 0.312. The fourth-order valence-electron chi connectivity index (χ4n) is 0.574. The molecule has 0 amide bonds. The second-order valence-corrected chi connectivity index (χ2v) is 3.68. The summed E-state index contributed by atoms with van der Waals surface area (Å²) in [4.78, 5) is 0. The van der Waals surface area contributed by atoms with Gasteiger partial charge in [0.05, 0.1) is 0 Å². The zero-order valence-corrected chi connectivity index (χ0v) is 7.68. The van der Waals surface area contributed by atoms with E-state index in [9.17, 15) is 26.1 Å². The van der Waals surface area contributed by atoms with Gasteiger partial charge in [-0.2, -0.15) is 13.2 Å². The van der Waals surface area contributed by atoms with Crippen molar-refractivity contribution in [1.82, 2.24) is 9.42 Å². The van der Waals surface area contributed by atoms with Gasteiger partial charge in [-0.1, -0.05) is 0 Å². The maximum Gasteiger partial charge on any atom is 0.403 e. The van der Waals surface area contributed by atoms with Crippen molar-refractivity contribution < 1.29 is 26.1 Å². The molecule has 0 heterocycles. The Morgan fingerprint density at radius 2 is 1.69 bits per heavy atom. The summed E-state index contributed by atoms with van der Waals surface area (Å²) in [5.41, 5.74) is 0. The van der Waals surface area contributed by atoms with Crippen LogP contribution < -0.4 is 0 Å². The molecular weight excluding hydrogens is 213 g/mol. The molecule has 0 aliphatic rings. The summed E-state index contributed by atoms with van der Waals surface area (Å²) in [6, 6.07) is 0. The number of nitrogens with zero attached hydrogens (tertiary/aromatic N) is 2. The lowest BCUT2D eigenvalue weighted by Crippen LogP contribution is -2.46. The van der Waals surface area contributed by atoms with Crippen LogP contribution in [-0.4, -0.2) is 49.2 Å². The van der Waals surface area contributed by atoms with E-state index in [2.05, 4.69) is 0 Å². The second kappa shape index (κ2) is 3.78. The minimum atomic E-state index is -5.11. The van der Waals surface area contributed by atoms with Gasteiger partial charge in [0.15, 0.2) is 10.3 Å². The molecule has 0 unspecified atom stereocenters.